The molecule has 2 heterocycles. The van der Waals surface area contributed by atoms with E-state index in [2.05, 4.69) is 6.58 Å². The summed E-state index contributed by atoms with van der Waals surface area (Å²) in [6.07, 6.45) is 1.47. The molecule has 1 fully saturated rings. The van der Waals surface area contributed by atoms with Gasteiger partial charge in [-0.1, -0.05) is 6.58 Å². The first-order valence-corrected chi connectivity index (χ1v) is 7.93. The van der Waals surface area contributed by atoms with Crippen molar-refractivity contribution in [2.75, 3.05) is 7.11 Å². The molecule has 0 aromatic carbocycles. The van der Waals surface area contributed by atoms with Crippen LogP contribution in [0.5, 0.6) is 0 Å². The highest BCUT2D eigenvalue weighted by Crippen LogP contribution is 2.45. The molecule has 1 amide bonds. The first-order valence-electron chi connectivity index (χ1n) is 6.98. The van der Waals surface area contributed by atoms with Crippen molar-refractivity contribution in [1.82, 2.24) is 4.90 Å². The Morgan fingerprint density at radius 3 is 2.61 bits per heavy atom. The van der Waals surface area contributed by atoms with E-state index in [1.165, 1.54) is 36.8 Å². The minimum atomic E-state index is -1.50. The number of thioether (sulfide) groups is 1. The second-order valence-corrected chi connectivity index (χ2v) is 6.91. The van der Waals surface area contributed by atoms with E-state index in [9.17, 15) is 14.4 Å². The average Bonchev–Trinajstić information content (AvgIpc) is 2.51. The fourth-order valence-corrected chi connectivity index (χ4v) is 3.70. The van der Waals surface area contributed by atoms with Gasteiger partial charge in [-0.05, 0) is 32.3 Å². The van der Waals surface area contributed by atoms with Crippen LogP contribution in [0.15, 0.2) is 23.6 Å². The van der Waals surface area contributed by atoms with Gasteiger partial charge >= 0.3 is 5.97 Å². The topological polar surface area (TPSA) is 98.9 Å². The van der Waals surface area contributed by atoms with Crippen LogP contribution in [0.2, 0.25) is 0 Å². The molecule has 2 unspecified atom stereocenters. The molecule has 2 aliphatic heterocycles. The summed E-state index contributed by atoms with van der Waals surface area (Å²) in [5.74, 6) is -1.56. The molecule has 3 atom stereocenters. The third kappa shape index (κ3) is 2.71. The molecule has 2 aliphatic rings. The van der Waals surface area contributed by atoms with Crippen molar-refractivity contribution in [2.45, 2.75) is 43.5 Å². The average molecular weight is 340 g/mol. The lowest BCUT2D eigenvalue weighted by molar-refractivity contribution is -0.195. The Hall–Kier alpha value is -1.64. The molecule has 8 heteroatoms. The number of methoxy groups -OCH3 is 1. The Morgan fingerprint density at radius 2 is 2.13 bits per heavy atom. The molecular weight excluding hydrogens is 320 g/mol. The van der Waals surface area contributed by atoms with Gasteiger partial charge in [0.05, 0.1) is 0 Å². The van der Waals surface area contributed by atoms with Crippen LogP contribution < -0.4 is 5.73 Å². The van der Waals surface area contributed by atoms with Crippen molar-refractivity contribution in [1.29, 1.82) is 0 Å². The Bertz CT molecular complexity index is 615. The number of esters is 1. The van der Waals surface area contributed by atoms with Gasteiger partial charge in [-0.25, -0.2) is 4.79 Å². The summed E-state index contributed by atoms with van der Waals surface area (Å²) in [6.45, 7) is 8.25. The predicted octanol–water partition coefficient (Wildman–Crippen LogP) is 0.552. The fraction of sp³-hybridized carbons (Fsp3) is 0.533. The number of ether oxygens (including phenoxy) is 2. The molecule has 0 aromatic rings. The molecule has 7 nitrogen and oxygen atoms in total. The summed E-state index contributed by atoms with van der Waals surface area (Å²) < 4.78 is 10.5. The first kappa shape index (κ1) is 17.7. The number of hydrogen-bond donors (Lipinski definition) is 1. The lowest BCUT2D eigenvalue weighted by Gasteiger charge is -2.55. The van der Waals surface area contributed by atoms with Crippen molar-refractivity contribution < 1.29 is 23.9 Å². The molecule has 1 saturated heterocycles. The van der Waals surface area contributed by atoms with Gasteiger partial charge in [-0.15, -0.1) is 11.8 Å². The molecule has 0 spiro atoms. The third-order valence-electron chi connectivity index (χ3n) is 3.91. The summed E-state index contributed by atoms with van der Waals surface area (Å²) in [5.41, 5.74) is 3.69. The predicted molar refractivity (Wildman–Crippen MR) is 85.1 cm³/mol. The normalized spacial score (nSPS) is 30.0. The summed E-state index contributed by atoms with van der Waals surface area (Å²) in [7, 11) is 1.33. The zero-order chi connectivity index (χ0) is 17.6. The zero-order valence-electron chi connectivity index (χ0n) is 13.5. The lowest BCUT2D eigenvalue weighted by Crippen LogP contribution is -2.81. The monoisotopic (exact) mass is 340 g/mol. The Morgan fingerprint density at radius 1 is 1.52 bits per heavy atom. The molecule has 2 rings (SSSR count). The van der Waals surface area contributed by atoms with Crippen LogP contribution in [0.1, 0.15) is 20.8 Å². The Kier molecular flexibility index (Phi) is 4.44. The minimum absolute atomic E-state index is 0.197. The number of hydrogen-bond acceptors (Lipinski definition) is 7. The molecule has 0 aliphatic carbocycles. The highest BCUT2D eigenvalue weighted by Gasteiger charge is 2.65. The quantitative estimate of drug-likeness (QED) is 0.338. The summed E-state index contributed by atoms with van der Waals surface area (Å²) in [5, 5.41) is 0.955. The van der Waals surface area contributed by atoms with Gasteiger partial charge in [0, 0.05) is 12.7 Å². The Balaban J connectivity index is 2.37. The molecule has 0 radical (unpaired) electrons. The number of β-lactam (4-membered cyclic amide) rings is 1. The van der Waals surface area contributed by atoms with Gasteiger partial charge in [0.25, 0.3) is 5.91 Å². The number of carbonyl (C=O) groups is 3. The van der Waals surface area contributed by atoms with Gasteiger partial charge in [0.2, 0.25) is 5.72 Å². The maximum Gasteiger partial charge on any atom is 0.334 e. The van der Waals surface area contributed by atoms with E-state index in [0.717, 1.165) is 0 Å². The molecule has 2 N–H and O–H groups in total. The maximum atomic E-state index is 12.6. The summed E-state index contributed by atoms with van der Waals surface area (Å²) in [6, 6.07) is -1.13. The largest absolute Gasteiger partial charge is 0.454 e. The van der Waals surface area contributed by atoms with Crippen molar-refractivity contribution in [2.24, 2.45) is 5.73 Å². The van der Waals surface area contributed by atoms with E-state index in [-0.39, 0.29) is 11.4 Å². The maximum absolute atomic E-state index is 12.6. The van der Waals surface area contributed by atoms with E-state index in [0.29, 0.717) is 0 Å². The number of nitrogens with zero attached hydrogens (tertiary/aromatic N) is 1. The van der Waals surface area contributed by atoms with Crippen LogP contribution in [-0.2, 0) is 23.9 Å². The summed E-state index contributed by atoms with van der Waals surface area (Å²) in [4.78, 5) is 38.0. The van der Waals surface area contributed by atoms with Gasteiger partial charge in [0.15, 0.2) is 11.8 Å². The highest BCUT2D eigenvalue weighted by molar-refractivity contribution is 8.03. The van der Waals surface area contributed by atoms with Crippen LogP contribution in [0.4, 0.5) is 0 Å². The van der Waals surface area contributed by atoms with E-state index in [1.54, 1.807) is 19.3 Å². The van der Waals surface area contributed by atoms with Gasteiger partial charge in [-0.3, -0.25) is 15.3 Å². The molecule has 23 heavy (non-hydrogen) atoms. The standard InChI is InChI=1S/C15H20N2O5S/c1-6-14(3,4)22-11(19)10-9(8(2)18)7-23-13-15(16,21-5)12(20)17(10)13/h6-7,10,13H,1,16H2,2-5H3/t10?,13-,15?/m0/s1. The van der Waals surface area contributed by atoms with E-state index in [4.69, 9.17) is 15.2 Å². The van der Waals surface area contributed by atoms with Gasteiger partial charge < -0.3 is 14.4 Å². The number of Topliss-reactive ketones (excluding diaryl/α,β-unsaturated/α-hetero) is 1. The number of ketones is 1. The van der Waals surface area contributed by atoms with Crippen LogP contribution in [0.25, 0.3) is 0 Å². The second-order valence-electron chi connectivity index (χ2n) is 5.96. The number of amides is 1. The van der Waals surface area contributed by atoms with E-state index in [1.807, 2.05) is 0 Å². The van der Waals surface area contributed by atoms with Crippen molar-refractivity contribution in [3.05, 3.63) is 23.6 Å². The lowest BCUT2D eigenvalue weighted by atomic mass is 9.94. The van der Waals surface area contributed by atoms with Crippen molar-refractivity contribution in [3.8, 4) is 0 Å². The summed E-state index contributed by atoms with van der Waals surface area (Å²) >= 11 is 1.17. The molecular formula is C15H20N2O5S. The van der Waals surface area contributed by atoms with E-state index >= 15 is 0 Å². The van der Waals surface area contributed by atoms with Gasteiger partial charge in [-0.2, -0.15) is 0 Å². The van der Waals surface area contributed by atoms with Crippen molar-refractivity contribution in [3.63, 3.8) is 0 Å². The molecule has 126 valence electrons. The molecule has 0 bridgehead atoms. The Labute approximate surface area is 138 Å². The second kappa shape index (κ2) is 5.77. The van der Waals surface area contributed by atoms with Crippen LogP contribution in [0, 0.1) is 0 Å². The smallest absolute Gasteiger partial charge is 0.334 e. The third-order valence-corrected chi connectivity index (χ3v) is 5.13. The van der Waals surface area contributed by atoms with Crippen molar-refractivity contribution >= 4 is 29.4 Å². The number of fused-ring (bicyclic) bond motifs is 1. The van der Waals surface area contributed by atoms with Crippen LogP contribution >= 0.6 is 11.8 Å². The molecule has 0 aromatic heterocycles. The van der Waals surface area contributed by atoms with Crippen LogP contribution in [0.3, 0.4) is 0 Å². The van der Waals surface area contributed by atoms with Gasteiger partial charge in [0.1, 0.15) is 11.0 Å². The van der Waals surface area contributed by atoms with E-state index < -0.39 is 34.6 Å². The number of nitrogens with two attached hydrogens (primary N) is 1. The number of rotatable bonds is 5. The fourth-order valence-electron chi connectivity index (χ4n) is 2.39. The minimum Gasteiger partial charge on any atom is -0.454 e. The highest BCUT2D eigenvalue weighted by atomic mass is 32.2. The molecule has 0 saturated carbocycles. The van der Waals surface area contributed by atoms with Crippen LogP contribution in [-0.4, -0.2) is 52.4 Å². The first-order chi connectivity index (χ1) is 10.6. The SMILES string of the molecule is C=CC(C)(C)OC(=O)C1C(C(C)=O)=CS[C@@H]2N1C(=O)C2(N)OC. The number of carbonyl (C=O) groups excluding carboxylic acids is 3. The zero-order valence-corrected chi connectivity index (χ0v) is 14.3.